The lowest BCUT2D eigenvalue weighted by Crippen LogP contribution is -2.34. The molecule has 0 amide bonds. The van der Waals surface area contributed by atoms with E-state index in [1.54, 1.807) is 15.1 Å². The second-order valence-corrected chi connectivity index (χ2v) is 7.07. The van der Waals surface area contributed by atoms with Gasteiger partial charge in [-0.1, -0.05) is 12.1 Å². The third kappa shape index (κ3) is 4.09. The highest BCUT2D eigenvalue weighted by Gasteiger charge is 2.25. The lowest BCUT2D eigenvalue weighted by atomic mass is 9.87. The second kappa shape index (κ2) is 8.09. The van der Waals surface area contributed by atoms with E-state index in [1.165, 1.54) is 5.56 Å². The van der Waals surface area contributed by atoms with E-state index < -0.39 is 11.3 Å². The summed E-state index contributed by atoms with van der Waals surface area (Å²) in [6.07, 6.45) is 3.57. The van der Waals surface area contributed by atoms with Crippen LogP contribution in [0.1, 0.15) is 29.9 Å². The Bertz CT molecular complexity index is 741. The molecule has 0 spiro atoms. The first-order valence-electron chi connectivity index (χ1n) is 8.35. The zero-order valence-electron chi connectivity index (χ0n) is 14.2. The molecule has 3 rings (SSSR count). The van der Waals surface area contributed by atoms with Crippen molar-refractivity contribution in [3.8, 4) is 11.6 Å². The number of aliphatic hydroxyl groups is 1. The van der Waals surface area contributed by atoms with E-state index in [-0.39, 0.29) is 13.2 Å². The van der Waals surface area contributed by atoms with E-state index in [9.17, 15) is 8.76 Å². The van der Waals surface area contributed by atoms with Gasteiger partial charge in [-0.25, -0.2) is 13.2 Å². The molecule has 25 heavy (non-hydrogen) atoms. The molecule has 1 aromatic carbocycles. The molecular weight excluding hydrogens is 342 g/mol. The summed E-state index contributed by atoms with van der Waals surface area (Å²) >= 11 is -1.88. The average Bonchev–Trinajstić information content (AvgIpc) is 3.09. The van der Waals surface area contributed by atoms with Gasteiger partial charge in [-0.3, -0.25) is 4.55 Å². The van der Waals surface area contributed by atoms with Crippen LogP contribution >= 0.6 is 0 Å². The van der Waals surface area contributed by atoms with Crippen LogP contribution in [0.2, 0.25) is 0 Å². The van der Waals surface area contributed by atoms with Crippen molar-refractivity contribution in [3.63, 3.8) is 0 Å². The third-order valence-electron chi connectivity index (χ3n) is 4.61. The van der Waals surface area contributed by atoms with Crippen LogP contribution in [0.5, 0.6) is 5.88 Å². The van der Waals surface area contributed by atoms with E-state index >= 15 is 0 Å². The summed E-state index contributed by atoms with van der Waals surface area (Å²) < 4.78 is 29.1. The standard InChI is InChI=1S/C17H23N3O4S/c1-13-15(14-5-8-19(9-6-14)25(22)23)3-2-4-16(13)20-10-7-17(18-20)24-12-11-21/h2-4,7,10,14,21H,5-6,8-9,11-12H2,1H3,(H,22,23). The summed E-state index contributed by atoms with van der Waals surface area (Å²) in [5.41, 5.74) is 3.40. The molecule has 1 aromatic heterocycles. The SMILES string of the molecule is Cc1c(C2CCN(S(=O)O)CC2)cccc1-n1ccc(OCCO)n1. The van der Waals surface area contributed by atoms with Gasteiger partial charge < -0.3 is 9.84 Å². The lowest BCUT2D eigenvalue weighted by molar-refractivity contribution is 0.196. The van der Waals surface area contributed by atoms with Crippen LogP contribution < -0.4 is 4.74 Å². The summed E-state index contributed by atoms with van der Waals surface area (Å²) in [7, 11) is 0. The topological polar surface area (TPSA) is 87.8 Å². The Labute approximate surface area is 149 Å². The maximum atomic E-state index is 11.2. The molecule has 0 saturated carbocycles. The first-order valence-corrected chi connectivity index (χ1v) is 9.41. The van der Waals surface area contributed by atoms with Gasteiger partial charge >= 0.3 is 0 Å². The fourth-order valence-electron chi connectivity index (χ4n) is 3.32. The van der Waals surface area contributed by atoms with Crippen molar-refractivity contribution in [2.24, 2.45) is 0 Å². The monoisotopic (exact) mass is 365 g/mol. The van der Waals surface area contributed by atoms with E-state index in [0.717, 1.165) is 24.1 Å². The lowest BCUT2D eigenvalue weighted by Gasteiger charge is -2.30. The molecule has 0 radical (unpaired) electrons. The van der Waals surface area contributed by atoms with Crippen LogP contribution in [0, 0.1) is 6.92 Å². The molecule has 2 heterocycles. The van der Waals surface area contributed by atoms with Gasteiger partial charge in [-0.15, -0.1) is 5.10 Å². The fraction of sp³-hybridized carbons (Fsp3) is 0.471. The first-order chi connectivity index (χ1) is 12.1. The normalized spacial score (nSPS) is 17.6. The fourth-order valence-corrected chi connectivity index (χ4v) is 3.85. The van der Waals surface area contributed by atoms with Gasteiger partial charge in [0.15, 0.2) is 0 Å². The van der Waals surface area contributed by atoms with Gasteiger partial charge in [-0.2, -0.15) is 0 Å². The predicted molar refractivity (Wildman–Crippen MR) is 95.2 cm³/mol. The highest BCUT2D eigenvalue weighted by atomic mass is 32.2. The predicted octanol–water partition coefficient (Wildman–Crippen LogP) is 1.87. The van der Waals surface area contributed by atoms with Crippen molar-refractivity contribution in [2.45, 2.75) is 25.7 Å². The number of aromatic nitrogens is 2. The minimum Gasteiger partial charge on any atom is -0.474 e. The first kappa shape index (κ1) is 18.1. The van der Waals surface area contributed by atoms with Crippen LogP contribution in [0.15, 0.2) is 30.5 Å². The summed E-state index contributed by atoms with van der Waals surface area (Å²) in [6, 6.07) is 7.93. The number of aliphatic hydroxyl groups excluding tert-OH is 1. The molecule has 1 atom stereocenters. The Morgan fingerprint density at radius 2 is 2.08 bits per heavy atom. The molecule has 1 saturated heterocycles. The van der Waals surface area contributed by atoms with Crippen molar-refractivity contribution < 1.29 is 18.6 Å². The number of hydrogen-bond donors (Lipinski definition) is 2. The zero-order valence-corrected chi connectivity index (χ0v) is 15.0. The summed E-state index contributed by atoms with van der Waals surface area (Å²) in [6.45, 7) is 3.51. The number of nitrogens with zero attached hydrogens (tertiary/aromatic N) is 3. The quantitative estimate of drug-likeness (QED) is 0.763. The number of piperidine rings is 1. The van der Waals surface area contributed by atoms with Gasteiger partial charge in [-0.05, 0) is 42.9 Å². The van der Waals surface area contributed by atoms with E-state index in [1.807, 2.05) is 18.3 Å². The minimum absolute atomic E-state index is 0.0430. The molecule has 8 heteroatoms. The van der Waals surface area contributed by atoms with Crippen molar-refractivity contribution >= 4 is 11.3 Å². The summed E-state index contributed by atoms with van der Waals surface area (Å²) in [4.78, 5) is 0. The molecule has 2 N–H and O–H groups in total. The second-order valence-electron chi connectivity index (χ2n) is 6.10. The van der Waals surface area contributed by atoms with Crippen LogP contribution in [-0.4, -0.2) is 54.3 Å². The van der Waals surface area contributed by atoms with E-state index in [0.29, 0.717) is 24.9 Å². The maximum absolute atomic E-state index is 11.2. The van der Waals surface area contributed by atoms with Crippen LogP contribution in [0.4, 0.5) is 0 Å². The number of rotatable bonds is 6. The van der Waals surface area contributed by atoms with Gasteiger partial charge in [0.1, 0.15) is 6.61 Å². The molecule has 136 valence electrons. The molecular formula is C17H23N3O4S. The molecule has 1 aliphatic rings. The van der Waals surface area contributed by atoms with Crippen LogP contribution in [0.3, 0.4) is 0 Å². The Morgan fingerprint density at radius 1 is 1.32 bits per heavy atom. The molecule has 7 nitrogen and oxygen atoms in total. The Hall–Kier alpha value is -1.74. The van der Waals surface area contributed by atoms with Crippen molar-refractivity contribution in [1.82, 2.24) is 14.1 Å². The van der Waals surface area contributed by atoms with Gasteiger partial charge in [0, 0.05) is 25.4 Å². The molecule has 0 bridgehead atoms. The highest BCUT2D eigenvalue weighted by Crippen LogP contribution is 2.32. The average molecular weight is 365 g/mol. The van der Waals surface area contributed by atoms with E-state index in [4.69, 9.17) is 9.84 Å². The summed E-state index contributed by atoms with van der Waals surface area (Å²) in [5, 5.41) is 13.2. The molecule has 1 fully saturated rings. The number of ether oxygens (including phenoxy) is 1. The molecule has 2 aromatic rings. The van der Waals surface area contributed by atoms with Gasteiger partial charge in [0.25, 0.3) is 0 Å². The van der Waals surface area contributed by atoms with Crippen LogP contribution in [-0.2, 0) is 11.3 Å². The molecule has 1 aliphatic heterocycles. The highest BCUT2D eigenvalue weighted by molar-refractivity contribution is 7.76. The Morgan fingerprint density at radius 3 is 2.76 bits per heavy atom. The molecule has 0 aliphatic carbocycles. The zero-order chi connectivity index (χ0) is 17.8. The maximum Gasteiger partial charge on any atom is 0.234 e. The summed E-state index contributed by atoms with van der Waals surface area (Å²) in [5.74, 6) is 0.859. The number of benzene rings is 1. The van der Waals surface area contributed by atoms with Crippen molar-refractivity contribution in [2.75, 3.05) is 26.3 Å². The van der Waals surface area contributed by atoms with Crippen molar-refractivity contribution in [1.29, 1.82) is 0 Å². The van der Waals surface area contributed by atoms with Crippen molar-refractivity contribution in [3.05, 3.63) is 41.6 Å². The van der Waals surface area contributed by atoms with E-state index in [2.05, 4.69) is 18.1 Å². The largest absolute Gasteiger partial charge is 0.474 e. The Kier molecular flexibility index (Phi) is 5.85. The van der Waals surface area contributed by atoms with Gasteiger partial charge in [0.2, 0.25) is 17.1 Å². The third-order valence-corrected chi connectivity index (χ3v) is 5.42. The van der Waals surface area contributed by atoms with Gasteiger partial charge in [0.05, 0.1) is 12.3 Å². The molecule has 1 unspecified atom stereocenters. The number of hydrogen-bond acceptors (Lipinski definition) is 4. The minimum atomic E-state index is -1.88. The van der Waals surface area contributed by atoms with Crippen LogP contribution in [0.25, 0.3) is 5.69 Å². The smallest absolute Gasteiger partial charge is 0.234 e. The Balaban J connectivity index is 1.78.